The Balaban J connectivity index is 1.55. The van der Waals surface area contributed by atoms with Gasteiger partial charge in [0.1, 0.15) is 5.69 Å². The topological polar surface area (TPSA) is 98.7 Å². The van der Waals surface area contributed by atoms with Crippen molar-refractivity contribution in [3.8, 4) is 11.1 Å². The highest BCUT2D eigenvalue weighted by atomic mass is 19.4. The molecule has 0 spiro atoms. The Morgan fingerprint density at radius 1 is 1.21 bits per heavy atom. The van der Waals surface area contributed by atoms with Crippen molar-refractivity contribution >= 4 is 17.5 Å². The van der Waals surface area contributed by atoms with Crippen molar-refractivity contribution in [1.82, 2.24) is 19.7 Å². The van der Waals surface area contributed by atoms with Crippen LogP contribution in [0.25, 0.3) is 11.1 Å². The molecule has 2 unspecified atom stereocenters. The van der Waals surface area contributed by atoms with Crippen LogP contribution in [-0.4, -0.2) is 25.7 Å². The third kappa shape index (κ3) is 5.05. The fraction of sp³-hybridized carbons (Fsp3) is 0.417. The molecule has 3 aromatic rings. The Morgan fingerprint density at radius 2 is 1.97 bits per heavy atom. The number of carbonyl (C=O) groups excluding carboxylic acids is 1. The number of aromatic nitrogens is 4. The van der Waals surface area contributed by atoms with E-state index in [-0.39, 0.29) is 29.2 Å². The van der Waals surface area contributed by atoms with Gasteiger partial charge in [0.05, 0.1) is 12.2 Å². The molecule has 1 aliphatic rings. The van der Waals surface area contributed by atoms with Gasteiger partial charge >= 0.3 is 6.18 Å². The molecule has 4 rings (SSSR count). The van der Waals surface area contributed by atoms with Crippen molar-refractivity contribution in [2.45, 2.75) is 52.3 Å². The van der Waals surface area contributed by atoms with Gasteiger partial charge in [0.25, 0.3) is 0 Å². The van der Waals surface area contributed by atoms with Crippen molar-refractivity contribution in [2.75, 3.05) is 5.32 Å². The molecule has 0 aliphatic heterocycles. The van der Waals surface area contributed by atoms with Crippen molar-refractivity contribution in [3.05, 3.63) is 54.1 Å². The summed E-state index contributed by atoms with van der Waals surface area (Å²) in [6.45, 7) is 6.03. The summed E-state index contributed by atoms with van der Waals surface area (Å²) >= 11 is 0. The molecule has 1 aliphatic carbocycles. The minimum Gasteiger partial charge on any atom is -0.369 e. The number of rotatable bonds is 5. The van der Waals surface area contributed by atoms with Crippen molar-refractivity contribution in [3.63, 3.8) is 0 Å². The molecular formula is C24H27F3N6O. The first kappa shape index (κ1) is 23.7. The second-order valence-electron chi connectivity index (χ2n) is 9.56. The molecule has 7 nitrogen and oxygen atoms in total. The maximum Gasteiger partial charge on any atom is 0.433 e. The van der Waals surface area contributed by atoms with Gasteiger partial charge < -0.3 is 11.1 Å². The molecule has 1 aromatic carbocycles. The number of aryl methyl sites for hydroxylation is 1. The highest BCUT2D eigenvalue weighted by Crippen LogP contribution is 2.45. The van der Waals surface area contributed by atoms with Crippen LogP contribution in [0.3, 0.4) is 0 Å². The van der Waals surface area contributed by atoms with Crippen LogP contribution in [0.5, 0.6) is 0 Å². The Morgan fingerprint density at radius 3 is 2.65 bits per heavy atom. The lowest BCUT2D eigenvalue weighted by atomic mass is 9.67. The second-order valence-corrected chi connectivity index (χ2v) is 9.56. The van der Waals surface area contributed by atoms with Gasteiger partial charge in [-0.15, -0.1) is 0 Å². The van der Waals surface area contributed by atoms with E-state index in [1.165, 1.54) is 0 Å². The quantitative estimate of drug-likeness (QED) is 0.528. The van der Waals surface area contributed by atoms with Crippen LogP contribution in [-0.2, 0) is 11.0 Å². The van der Waals surface area contributed by atoms with Crippen LogP contribution < -0.4 is 11.1 Å². The lowest BCUT2D eigenvalue weighted by Gasteiger charge is -2.40. The monoisotopic (exact) mass is 472 g/mol. The molecule has 1 saturated carbocycles. The lowest BCUT2D eigenvalue weighted by molar-refractivity contribution is -0.141. The number of hydrogen-bond donors (Lipinski definition) is 2. The van der Waals surface area contributed by atoms with Gasteiger partial charge in [-0.2, -0.15) is 18.3 Å². The Kier molecular flexibility index (Phi) is 6.09. The predicted molar refractivity (Wildman–Crippen MR) is 122 cm³/mol. The van der Waals surface area contributed by atoms with E-state index in [4.69, 9.17) is 5.73 Å². The van der Waals surface area contributed by atoms with E-state index in [2.05, 4.69) is 34.2 Å². The summed E-state index contributed by atoms with van der Waals surface area (Å²) in [6.07, 6.45) is 2.58. The van der Waals surface area contributed by atoms with Gasteiger partial charge in [0, 0.05) is 29.6 Å². The molecule has 34 heavy (non-hydrogen) atoms. The fourth-order valence-electron chi connectivity index (χ4n) is 4.77. The van der Waals surface area contributed by atoms with E-state index in [0.717, 1.165) is 48.2 Å². The number of amides is 1. The van der Waals surface area contributed by atoms with Gasteiger partial charge in [0.2, 0.25) is 11.9 Å². The summed E-state index contributed by atoms with van der Waals surface area (Å²) in [4.78, 5) is 19.3. The molecule has 2 heterocycles. The number of anilines is 2. The number of nitrogens with two attached hydrogens (primary N) is 1. The van der Waals surface area contributed by atoms with E-state index < -0.39 is 11.9 Å². The number of halogens is 3. The van der Waals surface area contributed by atoms with Gasteiger partial charge in [0.15, 0.2) is 0 Å². The SMILES string of the molecule is Cc1cc(Nc2nccc(C(F)(F)F)n2)cc(-c2cnn(C3CCC(C(N)=O)C(C)(C)C3)c2)c1. The molecule has 1 fully saturated rings. The van der Waals surface area contributed by atoms with Gasteiger partial charge in [-0.3, -0.25) is 9.48 Å². The summed E-state index contributed by atoms with van der Waals surface area (Å²) in [5, 5.41) is 7.43. The Hall–Kier alpha value is -3.43. The van der Waals surface area contributed by atoms with E-state index in [9.17, 15) is 18.0 Å². The van der Waals surface area contributed by atoms with Crippen LogP contribution >= 0.6 is 0 Å². The normalized spacial score (nSPS) is 20.2. The van der Waals surface area contributed by atoms with E-state index in [1.807, 2.05) is 36.0 Å². The molecule has 0 bridgehead atoms. The second kappa shape index (κ2) is 8.73. The van der Waals surface area contributed by atoms with E-state index >= 15 is 0 Å². The lowest BCUT2D eigenvalue weighted by Crippen LogP contribution is -2.41. The third-order valence-electron chi connectivity index (χ3n) is 6.43. The highest BCUT2D eigenvalue weighted by molar-refractivity contribution is 5.77. The maximum absolute atomic E-state index is 13.0. The minimum atomic E-state index is -4.54. The number of nitrogens with zero attached hydrogens (tertiary/aromatic N) is 4. The van der Waals surface area contributed by atoms with Gasteiger partial charge in [-0.05, 0) is 60.9 Å². The standard InChI is InChI=1S/C24H27F3N6O/c1-14-8-15(10-17(9-14)31-22-29-7-6-20(32-22)24(25,26)27)16-12-30-33(13-16)18-4-5-19(21(28)34)23(2,3)11-18/h6-10,12-13,18-19H,4-5,11H2,1-3H3,(H2,28,34)(H,29,31,32). The average Bonchev–Trinajstić information content (AvgIpc) is 3.22. The van der Waals surface area contributed by atoms with Crippen LogP contribution in [0, 0.1) is 18.3 Å². The maximum atomic E-state index is 13.0. The van der Waals surface area contributed by atoms with Crippen LogP contribution in [0.2, 0.25) is 0 Å². The smallest absolute Gasteiger partial charge is 0.369 e. The van der Waals surface area contributed by atoms with Crippen molar-refractivity contribution in [2.24, 2.45) is 17.1 Å². The highest BCUT2D eigenvalue weighted by Gasteiger charge is 2.40. The van der Waals surface area contributed by atoms with Crippen LogP contribution in [0.1, 0.15) is 50.4 Å². The summed E-state index contributed by atoms with van der Waals surface area (Å²) in [5.74, 6) is -0.535. The Labute approximate surface area is 195 Å². The largest absolute Gasteiger partial charge is 0.433 e. The zero-order valence-electron chi connectivity index (χ0n) is 19.2. The summed E-state index contributed by atoms with van der Waals surface area (Å²) < 4.78 is 40.8. The zero-order chi connectivity index (χ0) is 24.7. The fourth-order valence-corrected chi connectivity index (χ4v) is 4.77. The molecular weight excluding hydrogens is 445 g/mol. The molecule has 3 N–H and O–H groups in total. The third-order valence-corrected chi connectivity index (χ3v) is 6.43. The molecule has 2 aromatic heterocycles. The van der Waals surface area contributed by atoms with Crippen molar-refractivity contribution < 1.29 is 18.0 Å². The van der Waals surface area contributed by atoms with Gasteiger partial charge in [-0.1, -0.05) is 19.9 Å². The average molecular weight is 473 g/mol. The first-order valence-corrected chi connectivity index (χ1v) is 11.1. The molecule has 0 saturated heterocycles. The van der Waals surface area contributed by atoms with E-state index in [1.54, 1.807) is 6.20 Å². The number of nitrogens with one attached hydrogen (secondary N) is 1. The number of carbonyl (C=O) groups is 1. The summed E-state index contributed by atoms with van der Waals surface area (Å²) in [5.41, 5.74) is 7.61. The van der Waals surface area contributed by atoms with Gasteiger partial charge in [-0.25, -0.2) is 9.97 Å². The molecule has 0 radical (unpaired) electrons. The molecule has 180 valence electrons. The molecule has 10 heteroatoms. The van der Waals surface area contributed by atoms with E-state index in [0.29, 0.717) is 5.69 Å². The number of benzene rings is 1. The number of hydrogen-bond acceptors (Lipinski definition) is 5. The summed E-state index contributed by atoms with van der Waals surface area (Å²) in [6, 6.07) is 6.60. The molecule has 2 atom stereocenters. The first-order valence-electron chi connectivity index (χ1n) is 11.1. The first-order chi connectivity index (χ1) is 15.9. The molecule has 1 amide bonds. The van der Waals surface area contributed by atoms with Crippen LogP contribution in [0.15, 0.2) is 42.9 Å². The van der Waals surface area contributed by atoms with Crippen LogP contribution in [0.4, 0.5) is 24.8 Å². The summed E-state index contributed by atoms with van der Waals surface area (Å²) in [7, 11) is 0. The minimum absolute atomic E-state index is 0.129. The number of alkyl halides is 3. The zero-order valence-corrected chi connectivity index (χ0v) is 19.2. The predicted octanol–water partition coefficient (Wildman–Crippen LogP) is 5.26. The van der Waals surface area contributed by atoms with Crippen molar-refractivity contribution in [1.29, 1.82) is 0 Å². The number of primary amides is 1. The Bertz CT molecular complexity index is 1200.